The minimum absolute atomic E-state index is 0.180. The first-order valence-corrected chi connectivity index (χ1v) is 11.5. The number of rotatable bonds is 5. The molecule has 0 saturated carbocycles. The van der Waals surface area contributed by atoms with E-state index < -0.39 is 5.82 Å². The van der Waals surface area contributed by atoms with Crippen molar-refractivity contribution in [3.05, 3.63) is 70.8 Å². The molecule has 1 fully saturated rings. The Labute approximate surface area is 198 Å². The zero-order valence-corrected chi connectivity index (χ0v) is 19.4. The summed E-state index contributed by atoms with van der Waals surface area (Å²) >= 11 is 0. The van der Waals surface area contributed by atoms with Gasteiger partial charge in [0.1, 0.15) is 17.6 Å². The molecule has 0 bridgehead atoms. The van der Waals surface area contributed by atoms with Crippen molar-refractivity contribution in [2.45, 2.75) is 32.6 Å². The summed E-state index contributed by atoms with van der Waals surface area (Å²) in [5, 5.41) is 18.4. The Hall–Kier alpha value is -3.92. The Morgan fingerprint density at radius 2 is 1.88 bits per heavy atom. The number of hydrogen-bond donors (Lipinski definition) is 1. The fraction of sp³-hybridized carbons (Fsp3) is 0.296. The Morgan fingerprint density at radius 1 is 1.12 bits per heavy atom. The summed E-state index contributed by atoms with van der Waals surface area (Å²) in [5.74, 6) is 0.0540. The van der Waals surface area contributed by atoms with Crippen LogP contribution in [0.2, 0.25) is 0 Å². The van der Waals surface area contributed by atoms with E-state index in [0.717, 1.165) is 35.3 Å². The summed E-state index contributed by atoms with van der Waals surface area (Å²) in [6.07, 6.45) is 3.89. The number of H-pyrrole nitrogens is 1. The zero-order valence-electron chi connectivity index (χ0n) is 19.4. The van der Waals surface area contributed by atoms with Gasteiger partial charge in [0.25, 0.3) is 0 Å². The smallest absolute Gasteiger partial charge is 0.182 e. The number of ether oxygens (including phenoxy) is 1. The van der Waals surface area contributed by atoms with Crippen LogP contribution in [0.15, 0.2) is 42.5 Å². The second kappa shape index (κ2) is 9.14. The largest absolute Gasteiger partial charge is 0.497 e. The van der Waals surface area contributed by atoms with Crippen LogP contribution in [0.5, 0.6) is 5.75 Å². The van der Waals surface area contributed by atoms with Crippen molar-refractivity contribution in [2.75, 3.05) is 25.1 Å². The molecule has 0 aliphatic carbocycles. The Kier molecular flexibility index (Phi) is 5.89. The number of methoxy groups -OCH3 is 1. The number of aromatic amines is 1. The van der Waals surface area contributed by atoms with E-state index in [-0.39, 0.29) is 6.42 Å². The highest BCUT2D eigenvalue weighted by atomic mass is 19.1. The van der Waals surface area contributed by atoms with Gasteiger partial charge in [-0.1, -0.05) is 18.2 Å². The van der Waals surface area contributed by atoms with Gasteiger partial charge in [-0.05, 0) is 55.5 Å². The van der Waals surface area contributed by atoms with Crippen LogP contribution < -0.4 is 9.64 Å². The lowest BCUT2D eigenvalue weighted by molar-refractivity contribution is 0.411. The number of aryl methyl sites for hydroxylation is 1. The van der Waals surface area contributed by atoms with Crippen LogP contribution in [-0.4, -0.2) is 35.4 Å². The number of piperidine rings is 1. The Morgan fingerprint density at radius 3 is 2.56 bits per heavy atom. The summed E-state index contributed by atoms with van der Waals surface area (Å²) < 4.78 is 19.8. The van der Waals surface area contributed by atoms with Gasteiger partial charge in [-0.15, -0.1) is 0 Å². The van der Waals surface area contributed by atoms with Crippen molar-refractivity contribution in [3.63, 3.8) is 0 Å². The van der Waals surface area contributed by atoms with Gasteiger partial charge in [-0.25, -0.2) is 9.37 Å². The zero-order chi connectivity index (χ0) is 23.7. The SMILES string of the molecule is COc1ccc(Cc2nc3n[nH]c(C)c3c(-c3ccc(N4CCCCC4)cc3)c2C#N)c(F)c1. The molecule has 0 atom stereocenters. The summed E-state index contributed by atoms with van der Waals surface area (Å²) in [7, 11) is 1.50. The summed E-state index contributed by atoms with van der Waals surface area (Å²) in [5.41, 5.74) is 5.66. The highest BCUT2D eigenvalue weighted by Crippen LogP contribution is 2.36. The molecule has 2 aromatic heterocycles. The molecule has 0 unspecified atom stereocenters. The van der Waals surface area contributed by atoms with Gasteiger partial charge >= 0.3 is 0 Å². The van der Waals surface area contributed by atoms with Crippen LogP contribution in [-0.2, 0) is 6.42 Å². The predicted molar refractivity (Wildman–Crippen MR) is 131 cm³/mol. The lowest BCUT2D eigenvalue weighted by Gasteiger charge is -2.29. The van der Waals surface area contributed by atoms with Crippen molar-refractivity contribution in [2.24, 2.45) is 0 Å². The van der Waals surface area contributed by atoms with Crippen LogP contribution in [0.3, 0.4) is 0 Å². The van der Waals surface area contributed by atoms with Crippen LogP contribution in [0.1, 0.15) is 41.8 Å². The molecule has 4 aromatic rings. The fourth-order valence-corrected chi connectivity index (χ4v) is 4.76. The quantitative estimate of drug-likeness (QED) is 0.428. The van der Waals surface area contributed by atoms with Crippen molar-refractivity contribution in [3.8, 4) is 22.9 Å². The predicted octanol–water partition coefficient (Wildman–Crippen LogP) is 5.53. The van der Waals surface area contributed by atoms with E-state index in [1.165, 1.54) is 38.1 Å². The highest BCUT2D eigenvalue weighted by molar-refractivity contribution is 5.98. The monoisotopic (exact) mass is 455 g/mol. The van der Waals surface area contributed by atoms with Crippen LogP contribution in [0.25, 0.3) is 22.2 Å². The number of nitrogens with one attached hydrogen (secondary N) is 1. The van der Waals surface area contributed by atoms with Crippen molar-refractivity contribution >= 4 is 16.7 Å². The maximum Gasteiger partial charge on any atom is 0.182 e. The van der Waals surface area contributed by atoms with Crippen LogP contribution in [0, 0.1) is 24.1 Å². The first-order valence-electron chi connectivity index (χ1n) is 11.5. The average Bonchev–Trinajstić information content (AvgIpc) is 3.25. The average molecular weight is 456 g/mol. The molecule has 0 radical (unpaired) electrons. The van der Waals surface area contributed by atoms with E-state index >= 15 is 0 Å². The molecule has 7 heteroatoms. The molecule has 0 spiro atoms. The molecule has 1 aliphatic heterocycles. The number of fused-ring (bicyclic) bond motifs is 1. The van der Waals surface area contributed by atoms with Gasteiger partial charge in [0.15, 0.2) is 5.65 Å². The topological polar surface area (TPSA) is 77.8 Å². The third-order valence-corrected chi connectivity index (χ3v) is 6.56. The molecular formula is C27H26FN5O. The van der Waals surface area contributed by atoms with Gasteiger partial charge in [-0.3, -0.25) is 5.10 Å². The maximum atomic E-state index is 14.7. The molecule has 1 N–H and O–H groups in total. The van der Waals surface area contributed by atoms with Gasteiger partial charge in [0.05, 0.1) is 23.8 Å². The molecule has 172 valence electrons. The first-order chi connectivity index (χ1) is 16.6. The number of benzene rings is 2. The molecule has 1 saturated heterocycles. The first kappa shape index (κ1) is 21.9. The molecule has 6 nitrogen and oxygen atoms in total. The summed E-state index contributed by atoms with van der Waals surface area (Å²) in [4.78, 5) is 7.06. The Balaban J connectivity index is 1.61. The van der Waals surface area contributed by atoms with E-state index in [1.54, 1.807) is 12.1 Å². The molecule has 5 rings (SSSR count). The third-order valence-electron chi connectivity index (χ3n) is 6.56. The van der Waals surface area contributed by atoms with Crippen molar-refractivity contribution in [1.29, 1.82) is 5.26 Å². The van der Waals surface area contributed by atoms with Gasteiger partial charge < -0.3 is 9.64 Å². The standard InChI is InChI=1S/C27H26FN5O/c1-17-25-26(18-6-9-20(10-7-18)33-12-4-3-5-13-33)22(16-29)24(30-27(25)32-31-17)14-19-8-11-21(34-2)15-23(19)28/h6-11,15H,3-5,12-14H2,1-2H3,(H,30,31,32). The van der Waals surface area contributed by atoms with E-state index in [0.29, 0.717) is 28.2 Å². The molecule has 1 aliphatic rings. The van der Waals surface area contributed by atoms with Gasteiger partial charge in [-0.2, -0.15) is 10.4 Å². The Bertz CT molecular complexity index is 1380. The van der Waals surface area contributed by atoms with Crippen LogP contribution in [0.4, 0.5) is 10.1 Å². The number of aromatic nitrogens is 3. The van der Waals surface area contributed by atoms with Crippen molar-refractivity contribution < 1.29 is 9.13 Å². The maximum absolute atomic E-state index is 14.7. The van der Waals surface area contributed by atoms with E-state index in [1.807, 2.05) is 6.92 Å². The lowest BCUT2D eigenvalue weighted by Crippen LogP contribution is -2.29. The van der Waals surface area contributed by atoms with Crippen molar-refractivity contribution in [1.82, 2.24) is 15.2 Å². The second-order valence-electron chi connectivity index (χ2n) is 8.70. The fourth-order valence-electron chi connectivity index (χ4n) is 4.76. The number of pyridine rings is 1. The molecule has 2 aromatic carbocycles. The lowest BCUT2D eigenvalue weighted by atomic mass is 9.93. The molecule has 3 heterocycles. The molecule has 0 amide bonds. The number of nitrogens with zero attached hydrogens (tertiary/aromatic N) is 4. The number of halogens is 1. The minimum Gasteiger partial charge on any atom is -0.497 e. The van der Waals surface area contributed by atoms with E-state index in [9.17, 15) is 9.65 Å². The van der Waals surface area contributed by atoms with E-state index in [2.05, 4.69) is 50.4 Å². The van der Waals surface area contributed by atoms with Gasteiger partial charge in [0, 0.05) is 42.5 Å². The van der Waals surface area contributed by atoms with E-state index in [4.69, 9.17) is 4.74 Å². The van der Waals surface area contributed by atoms with Gasteiger partial charge in [0.2, 0.25) is 0 Å². The number of hydrogen-bond acceptors (Lipinski definition) is 5. The third kappa shape index (κ3) is 3.96. The second-order valence-corrected chi connectivity index (χ2v) is 8.70. The molecular weight excluding hydrogens is 429 g/mol. The number of nitriles is 1. The highest BCUT2D eigenvalue weighted by Gasteiger charge is 2.21. The normalized spacial score (nSPS) is 13.8. The summed E-state index contributed by atoms with van der Waals surface area (Å²) in [6.45, 7) is 4.06. The minimum atomic E-state index is -0.393. The van der Waals surface area contributed by atoms with Crippen LogP contribution >= 0.6 is 0 Å². The molecule has 34 heavy (non-hydrogen) atoms. The summed E-state index contributed by atoms with van der Waals surface area (Å²) in [6, 6.07) is 15.4. The number of anilines is 1.